The second-order valence-electron chi connectivity index (χ2n) is 19.6. The van der Waals surface area contributed by atoms with Crippen LogP contribution in [-0.2, 0) is 29.1 Å². The monoisotopic (exact) mass is 973 g/mol. The van der Waals surface area contributed by atoms with Crippen molar-refractivity contribution in [3.05, 3.63) is 221 Å². The topological polar surface area (TPSA) is 146 Å². The molecule has 8 aromatic carbocycles. The molecule has 4 atom stereocenters. The molecule has 2 unspecified atom stereocenters. The summed E-state index contributed by atoms with van der Waals surface area (Å²) in [6.07, 6.45) is 2.46. The van der Waals surface area contributed by atoms with E-state index in [2.05, 4.69) is 69.9 Å². The molecule has 0 bridgehead atoms. The number of nitrogens with one attached hydrogen (secondary N) is 3. The first-order valence-corrected chi connectivity index (χ1v) is 25.4. The number of likely N-dealkylation sites (tertiary alicyclic amines) is 1. The highest BCUT2D eigenvalue weighted by Gasteiger charge is 2.41. The molecule has 10 aromatic rings. The average Bonchev–Trinajstić information content (AvgIpc) is 3.93. The van der Waals surface area contributed by atoms with Gasteiger partial charge in [0.15, 0.2) is 0 Å². The molecule has 2 fully saturated rings. The van der Waals surface area contributed by atoms with Crippen molar-refractivity contribution in [2.24, 2.45) is 0 Å². The maximum atomic E-state index is 13.7. The quantitative estimate of drug-likeness (QED) is 0.117. The van der Waals surface area contributed by atoms with E-state index in [0.29, 0.717) is 24.4 Å². The van der Waals surface area contributed by atoms with Crippen molar-refractivity contribution in [2.45, 2.75) is 62.9 Å². The van der Waals surface area contributed by atoms with E-state index in [4.69, 9.17) is 19.4 Å². The van der Waals surface area contributed by atoms with Gasteiger partial charge in [0.2, 0.25) is 0 Å². The van der Waals surface area contributed by atoms with Crippen molar-refractivity contribution < 1.29 is 23.9 Å². The molecule has 3 aliphatic rings. The maximum absolute atomic E-state index is 13.7. The minimum Gasteiger partial charge on any atom is -0.445 e. The van der Waals surface area contributed by atoms with Gasteiger partial charge in [-0.15, -0.1) is 0 Å². The van der Waals surface area contributed by atoms with Crippen molar-refractivity contribution in [1.29, 1.82) is 0 Å². The van der Waals surface area contributed by atoms with Gasteiger partial charge >= 0.3 is 12.2 Å². The van der Waals surface area contributed by atoms with E-state index in [1.165, 1.54) is 10.9 Å². The van der Waals surface area contributed by atoms with Crippen molar-refractivity contribution >= 4 is 56.6 Å². The Bertz CT molecular complexity index is 3760. The van der Waals surface area contributed by atoms with Crippen molar-refractivity contribution in [3.8, 4) is 22.3 Å². The van der Waals surface area contributed by atoms with Crippen LogP contribution in [0.3, 0.4) is 0 Å². The Balaban J connectivity index is 0.654. The molecule has 2 aromatic heterocycles. The van der Waals surface area contributed by atoms with Gasteiger partial charge in [-0.05, 0) is 123 Å². The average molecular weight is 974 g/mol. The van der Waals surface area contributed by atoms with Gasteiger partial charge in [0.25, 0.3) is 5.91 Å². The number of benzene rings is 8. The molecule has 12 nitrogen and oxygen atoms in total. The molecule has 1 saturated heterocycles. The molecule has 364 valence electrons. The Morgan fingerprint density at radius 2 is 1.20 bits per heavy atom. The molecule has 3 amide bonds. The largest absolute Gasteiger partial charge is 0.445 e. The fourth-order valence-corrected chi connectivity index (χ4v) is 11.0. The van der Waals surface area contributed by atoms with Gasteiger partial charge in [0.1, 0.15) is 30.9 Å². The number of ether oxygens (including phenoxy) is 2. The highest BCUT2D eigenvalue weighted by Crippen LogP contribution is 2.45. The van der Waals surface area contributed by atoms with Crippen molar-refractivity contribution in [3.63, 3.8) is 0 Å². The van der Waals surface area contributed by atoms with Gasteiger partial charge in [-0.25, -0.2) is 19.6 Å². The minimum absolute atomic E-state index is 0.0391. The number of rotatable bonds is 11. The van der Waals surface area contributed by atoms with E-state index in [9.17, 15) is 14.4 Å². The third kappa shape index (κ3) is 8.67. The van der Waals surface area contributed by atoms with E-state index in [0.717, 1.165) is 97.2 Å². The zero-order valence-corrected chi connectivity index (χ0v) is 40.4. The Kier molecular flexibility index (Phi) is 11.4. The fraction of sp³-hybridized carbons (Fsp3) is 0.177. The molecule has 2 aliphatic heterocycles. The first-order chi connectivity index (χ1) is 36.4. The summed E-state index contributed by atoms with van der Waals surface area (Å²) < 4.78 is 11.5. The second-order valence-corrected chi connectivity index (χ2v) is 19.6. The minimum atomic E-state index is -0.416. The van der Waals surface area contributed by atoms with Gasteiger partial charge < -0.3 is 24.8 Å². The summed E-state index contributed by atoms with van der Waals surface area (Å²) in [6, 6.07) is 60.0. The predicted molar refractivity (Wildman–Crippen MR) is 286 cm³/mol. The molecule has 1 saturated carbocycles. The number of hydrogen-bond donors (Lipinski definition) is 3. The normalized spacial score (nSPS) is 17.9. The molecule has 3 N–H and O–H groups in total. The lowest BCUT2D eigenvalue weighted by Gasteiger charge is -2.23. The molecular formula is C62H51N7O5. The van der Waals surface area contributed by atoms with Gasteiger partial charge in [-0.3, -0.25) is 14.6 Å². The number of nitrogens with zero attached hydrogens (tertiary/aromatic N) is 4. The molecule has 13 rings (SSSR count). The lowest BCUT2D eigenvalue weighted by molar-refractivity contribution is 0.0908. The van der Waals surface area contributed by atoms with Crippen LogP contribution in [0.5, 0.6) is 0 Å². The number of fused-ring (bicyclic) bond motifs is 4. The van der Waals surface area contributed by atoms with Gasteiger partial charge in [0.05, 0.1) is 33.8 Å². The van der Waals surface area contributed by atoms with Crippen LogP contribution in [0.25, 0.3) is 55.1 Å². The van der Waals surface area contributed by atoms with Crippen LogP contribution in [0.15, 0.2) is 182 Å². The summed E-state index contributed by atoms with van der Waals surface area (Å²) >= 11 is 0. The Morgan fingerprint density at radius 1 is 0.595 bits per heavy atom. The van der Waals surface area contributed by atoms with Crippen molar-refractivity contribution in [2.75, 3.05) is 11.4 Å². The maximum Gasteiger partial charge on any atom is 0.415 e. The number of carbonyl (C=O) groups excluding carboxylic acids is 3. The number of para-hydroxylation sites is 1. The van der Waals surface area contributed by atoms with Gasteiger partial charge in [-0.2, -0.15) is 0 Å². The van der Waals surface area contributed by atoms with E-state index < -0.39 is 6.09 Å². The molecular weight excluding hydrogens is 923 g/mol. The molecule has 1 aliphatic carbocycles. The number of carbonyl (C=O) groups is 3. The van der Waals surface area contributed by atoms with Gasteiger partial charge in [0, 0.05) is 30.5 Å². The number of aromatic amines is 2. The SMILES string of the molecule is O=C(NC1CC1c1cccc2cc(-c3ccc4nc([C@@H]5CCCN5C(=O)OCc5ccccc5)[nH]c4c3)ccc12)c1ccc(-c2ccc3nc([C@@H]4Cc5ccccc5N4C(=O)OCc4ccccc4)[nH]c3c2)cc1. The van der Waals surface area contributed by atoms with Crippen LogP contribution in [0, 0.1) is 0 Å². The number of amides is 3. The summed E-state index contributed by atoms with van der Waals surface area (Å²) in [4.78, 5) is 60.9. The zero-order valence-electron chi connectivity index (χ0n) is 40.4. The standard InChI is InChI=1S/C62H51N7O5/c70-60(41-22-20-40(21-23-41)43-25-28-51-53(32-43)66-59(64-51)57-34-46-15-7-8-18-55(46)69(57)62(72)74-37-39-13-5-2-6-14-39)67-52-35-49(52)48-17-9-16-45-31-42(24-27-47(45)48)44-26-29-50-54(33-44)65-58(63-50)56-19-10-30-68(56)61(71)73-36-38-11-3-1-4-12-38/h1-9,11-18,20-29,31-33,49,52,56-57H,10,19,30,34-37H2,(H,63,65)(H,64,66)(H,67,70)/t49?,52?,56-,57-/m0/s1. The lowest BCUT2D eigenvalue weighted by atomic mass is 9.96. The lowest BCUT2D eigenvalue weighted by Crippen LogP contribution is -2.33. The molecule has 0 spiro atoms. The second kappa shape index (κ2) is 18.9. The Hall–Kier alpha value is -9.03. The summed E-state index contributed by atoms with van der Waals surface area (Å²) in [6.45, 7) is 1.05. The number of imidazole rings is 2. The summed E-state index contributed by atoms with van der Waals surface area (Å²) in [5.74, 6) is 1.59. The summed E-state index contributed by atoms with van der Waals surface area (Å²) in [7, 11) is 0. The fourth-order valence-electron chi connectivity index (χ4n) is 11.0. The summed E-state index contributed by atoms with van der Waals surface area (Å²) in [5.41, 5.74) is 13.2. The first kappa shape index (κ1) is 44.9. The summed E-state index contributed by atoms with van der Waals surface area (Å²) in [5, 5.41) is 5.63. The highest BCUT2D eigenvalue weighted by molar-refractivity contribution is 5.96. The van der Waals surface area contributed by atoms with Gasteiger partial charge in [-0.1, -0.05) is 133 Å². The molecule has 12 heteroatoms. The first-order valence-electron chi connectivity index (χ1n) is 25.4. The Morgan fingerprint density at radius 3 is 1.92 bits per heavy atom. The third-order valence-electron chi connectivity index (χ3n) is 14.9. The number of anilines is 1. The molecule has 0 radical (unpaired) electrons. The van der Waals surface area contributed by atoms with Crippen LogP contribution < -0.4 is 10.2 Å². The molecule has 74 heavy (non-hydrogen) atoms. The van der Waals surface area contributed by atoms with Crippen LogP contribution in [-0.4, -0.2) is 55.5 Å². The van der Waals surface area contributed by atoms with E-state index >= 15 is 0 Å². The van der Waals surface area contributed by atoms with Crippen LogP contribution in [0.2, 0.25) is 0 Å². The number of hydrogen-bond acceptors (Lipinski definition) is 7. The Labute approximate surface area is 427 Å². The third-order valence-corrected chi connectivity index (χ3v) is 14.9. The number of H-pyrrole nitrogens is 2. The number of aromatic nitrogens is 4. The highest BCUT2D eigenvalue weighted by atomic mass is 16.6. The van der Waals surface area contributed by atoms with Crippen LogP contribution in [0.1, 0.15) is 81.5 Å². The van der Waals surface area contributed by atoms with Crippen LogP contribution >= 0.6 is 0 Å². The van der Waals surface area contributed by atoms with E-state index in [-0.39, 0.29) is 49.3 Å². The van der Waals surface area contributed by atoms with Crippen LogP contribution in [0.4, 0.5) is 15.3 Å². The van der Waals surface area contributed by atoms with Crippen molar-refractivity contribution in [1.82, 2.24) is 30.2 Å². The van der Waals surface area contributed by atoms with E-state index in [1.54, 1.807) is 9.80 Å². The smallest absolute Gasteiger partial charge is 0.415 e. The molecule has 4 heterocycles. The predicted octanol–water partition coefficient (Wildman–Crippen LogP) is 13.1. The van der Waals surface area contributed by atoms with E-state index in [1.807, 2.05) is 127 Å². The zero-order chi connectivity index (χ0) is 49.7.